The molecule has 8 nitrogen and oxygen atoms in total. The highest BCUT2D eigenvalue weighted by Crippen LogP contribution is 2.35. The van der Waals surface area contributed by atoms with E-state index >= 15 is 0 Å². The number of hydrogen-bond donors (Lipinski definition) is 1. The van der Waals surface area contributed by atoms with Crippen molar-refractivity contribution in [1.29, 1.82) is 0 Å². The lowest BCUT2D eigenvalue weighted by Crippen LogP contribution is -2.11. The summed E-state index contributed by atoms with van der Waals surface area (Å²) in [6.07, 6.45) is 0. The van der Waals surface area contributed by atoms with Crippen molar-refractivity contribution in [3.63, 3.8) is 0 Å². The third-order valence-electron chi connectivity index (χ3n) is 3.96. The lowest BCUT2D eigenvalue weighted by Gasteiger charge is -2.07. The SMILES string of the molecule is COC(=O)COCc1onc(-c2ccccc2)c1-c1ccc(S(N)(=O)=O)cc1. The first-order chi connectivity index (χ1) is 13.4. The fourth-order valence-corrected chi connectivity index (χ4v) is 3.13. The molecule has 2 aromatic carbocycles. The van der Waals surface area contributed by atoms with Crippen molar-refractivity contribution in [2.24, 2.45) is 5.14 Å². The predicted octanol–water partition coefficient (Wildman–Crippen LogP) is 2.35. The Morgan fingerprint density at radius 3 is 2.36 bits per heavy atom. The number of benzene rings is 2. The summed E-state index contributed by atoms with van der Waals surface area (Å²) in [5, 5.41) is 9.30. The van der Waals surface area contributed by atoms with Crippen molar-refractivity contribution in [2.45, 2.75) is 11.5 Å². The second-order valence-electron chi connectivity index (χ2n) is 5.83. The van der Waals surface area contributed by atoms with Crippen LogP contribution in [0.25, 0.3) is 22.4 Å². The van der Waals surface area contributed by atoms with Crippen molar-refractivity contribution < 1.29 is 27.2 Å². The van der Waals surface area contributed by atoms with Crippen LogP contribution in [-0.4, -0.2) is 33.3 Å². The number of aromatic nitrogens is 1. The van der Waals surface area contributed by atoms with Crippen LogP contribution in [0.15, 0.2) is 64.0 Å². The number of methoxy groups -OCH3 is 1. The predicted molar refractivity (Wildman–Crippen MR) is 100 cm³/mol. The fourth-order valence-electron chi connectivity index (χ4n) is 2.61. The molecule has 0 aliphatic heterocycles. The van der Waals surface area contributed by atoms with Gasteiger partial charge in [0.1, 0.15) is 18.9 Å². The largest absolute Gasteiger partial charge is 0.467 e. The van der Waals surface area contributed by atoms with E-state index in [1.165, 1.54) is 19.2 Å². The van der Waals surface area contributed by atoms with E-state index < -0.39 is 16.0 Å². The number of carbonyl (C=O) groups is 1. The Morgan fingerprint density at radius 1 is 1.07 bits per heavy atom. The summed E-state index contributed by atoms with van der Waals surface area (Å²) in [6, 6.07) is 15.4. The highest BCUT2D eigenvalue weighted by Gasteiger charge is 2.20. The van der Waals surface area contributed by atoms with Gasteiger partial charge in [-0.3, -0.25) is 0 Å². The van der Waals surface area contributed by atoms with Gasteiger partial charge >= 0.3 is 5.97 Å². The van der Waals surface area contributed by atoms with Crippen molar-refractivity contribution in [1.82, 2.24) is 5.16 Å². The molecule has 0 saturated carbocycles. The zero-order valence-corrected chi connectivity index (χ0v) is 15.8. The van der Waals surface area contributed by atoms with Gasteiger partial charge in [-0.2, -0.15) is 0 Å². The molecule has 0 unspecified atom stereocenters. The summed E-state index contributed by atoms with van der Waals surface area (Å²) < 4.78 is 38.3. The summed E-state index contributed by atoms with van der Waals surface area (Å²) in [5.74, 6) is -0.118. The maximum Gasteiger partial charge on any atom is 0.331 e. The van der Waals surface area contributed by atoms with E-state index in [-0.39, 0.29) is 18.1 Å². The molecule has 3 rings (SSSR count). The molecule has 0 amide bonds. The number of primary sulfonamides is 1. The average molecular weight is 402 g/mol. The van der Waals surface area contributed by atoms with Crippen molar-refractivity contribution in [2.75, 3.05) is 13.7 Å². The first-order valence-electron chi connectivity index (χ1n) is 8.22. The van der Waals surface area contributed by atoms with E-state index in [0.29, 0.717) is 22.6 Å². The molecular weight excluding hydrogens is 384 g/mol. The van der Waals surface area contributed by atoms with Crippen molar-refractivity contribution in [3.8, 4) is 22.4 Å². The van der Waals surface area contributed by atoms with Crippen LogP contribution in [0.3, 0.4) is 0 Å². The second kappa shape index (κ2) is 8.34. The van der Waals surface area contributed by atoms with Crippen LogP contribution >= 0.6 is 0 Å². The van der Waals surface area contributed by atoms with Crippen LogP contribution in [0.4, 0.5) is 0 Å². The second-order valence-corrected chi connectivity index (χ2v) is 7.40. The molecule has 0 fully saturated rings. The molecule has 0 radical (unpaired) electrons. The summed E-state index contributed by atoms with van der Waals surface area (Å²) in [6.45, 7) is -0.247. The third-order valence-corrected chi connectivity index (χ3v) is 4.89. The number of hydrogen-bond acceptors (Lipinski definition) is 7. The van der Waals surface area contributed by atoms with Gasteiger partial charge in [-0.05, 0) is 17.7 Å². The molecule has 0 atom stereocenters. The number of esters is 1. The molecule has 0 aliphatic rings. The molecule has 9 heteroatoms. The smallest absolute Gasteiger partial charge is 0.331 e. The van der Waals surface area contributed by atoms with E-state index in [2.05, 4.69) is 9.89 Å². The quantitative estimate of drug-likeness (QED) is 0.602. The molecule has 1 heterocycles. The number of carbonyl (C=O) groups excluding carboxylic acids is 1. The van der Waals surface area contributed by atoms with E-state index in [0.717, 1.165) is 5.56 Å². The number of rotatable bonds is 7. The average Bonchev–Trinajstić information content (AvgIpc) is 3.11. The minimum absolute atomic E-state index is 0.00236. The van der Waals surface area contributed by atoms with Gasteiger partial charge in [0.05, 0.1) is 17.6 Å². The maximum atomic E-state index is 11.5. The van der Waals surface area contributed by atoms with Crippen LogP contribution in [0, 0.1) is 0 Å². The molecule has 1 aromatic heterocycles. The van der Waals surface area contributed by atoms with Gasteiger partial charge in [-0.25, -0.2) is 18.4 Å². The Balaban J connectivity index is 2.00. The minimum atomic E-state index is -3.80. The maximum absolute atomic E-state index is 11.5. The van der Waals surface area contributed by atoms with E-state index in [1.54, 1.807) is 12.1 Å². The zero-order valence-electron chi connectivity index (χ0n) is 15.0. The number of nitrogens with two attached hydrogens (primary N) is 1. The van der Waals surface area contributed by atoms with Crippen LogP contribution < -0.4 is 5.14 Å². The van der Waals surface area contributed by atoms with Gasteiger partial charge in [0, 0.05) is 5.56 Å². The van der Waals surface area contributed by atoms with E-state index in [1.807, 2.05) is 30.3 Å². The normalized spacial score (nSPS) is 11.4. The first-order valence-corrected chi connectivity index (χ1v) is 9.76. The van der Waals surface area contributed by atoms with Crippen molar-refractivity contribution in [3.05, 3.63) is 60.4 Å². The van der Waals surface area contributed by atoms with Crippen molar-refractivity contribution >= 4 is 16.0 Å². The van der Waals surface area contributed by atoms with Crippen LogP contribution in [0.1, 0.15) is 5.76 Å². The molecule has 2 N–H and O–H groups in total. The molecule has 146 valence electrons. The van der Waals surface area contributed by atoms with Crippen LogP contribution in [-0.2, 0) is 30.9 Å². The Bertz CT molecular complexity index is 1060. The summed E-state index contributed by atoms with van der Waals surface area (Å²) in [4.78, 5) is 11.3. The number of sulfonamides is 1. The minimum Gasteiger partial charge on any atom is -0.467 e. The first kappa shape index (κ1) is 19.7. The Kier molecular flexibility index (Phi) is 5.88. The topological polar surface area (TPSA) is 122 Å². The van der Waals surface area contributed by atoms with E-state index in [4.69, 9.17) is 14.4 Å². The Hall–Kier alpha value is -3.01. The lowest BCUT2D eigenvalue weighted by molar-refractivity contribution is -0.146. The summed E-state index contributed by atoms with van der Waals surface area (Å²) in [5.41, 5.74) is 2.69. The Morgan fingerprint density at radius 2 is 1.75 bits per heavy atom. The molecule has 0 aliphatic carbocycles. The molecule has 0 bridgehead atoms. The van der Waals surface area contributed by atoms with Gasteiger partial charge in [-0.15, -0.1) is 0 Å². The molecule has 28 heavy (non-hydrogen) atoms. The van der Waals surface area contributed by atoms with Crippen LogP contribution in [0.5, 0.6) is 0 Å². The highest BCUT2D eigenvalue weighted by atomic mass is 32.2. The van der Waals surface area contributed by atoms with Gasteiger partial charge < -0.3 is 14.0 Å². The third kappa shape index (κ3) is 4.45. The van der Waals surface area contributed by atoms with E-state index in [9.17, 15) is 13.2 Å². The molecule has 3 aromatic rings. The Labute approximate surface area is 161 Å². The lowest BCUT2D eigenvalue weighted by atomic mass is 9.99. The molecule has 0 saturated heterocycles. The standard InChI is InChI=1S/C19H18N2O6S/c1-25-17(22)12-26-11-16-18(13-7-9-15(10-8-13)28(20,23)24)19(21-27-16)14-5-3-2-4-6-14/h2-10H,11-12H2,1H3,(H2,20,23,24). The van der Waals surface area contributed by atoms with Gasteiger partial charge in [0.15, 0.2) is 5.76 Å². The van der Waals surface area contributed by atoms with Gasteiger partial charge in [-0.1, -0.05) is 47.6 Å². The molecule has 0 spiro atoms. The van der Waals surface area contributed by atoms with Gasteiger partial charge in [0.2, 0.25) is 10.0 Å². The monoisotopic (exact) mass is 402 g/mol. The highest BCUT2D eigenvalue weighted by molar-refractivity contribution is 7.89. The zero-order chi connectivity index (χ0) is 20.1. The van der Waals surface area contributed by atoms with Gasteiger partial charge in [0.25, 0.3) is 0 Å². The summed E-state index contributed by atoms with van der Waals surface area (Å²) >= 11 is 0. The van der Waals surface area contributed by atoms with Crippen LogP contribution in [0.2, 0.25) is 0 Å². The summed E-state index contributed by atoms with van der Waals surface area (Å²) in [7, 11) is -2.53. The number of nitrogens with zero attached hydrogens (tertiary/aromatic N) is 1. The molecular formula is C19H18N2O6S. The fraction of sp³-hybridized carbons (Fsp3) is 0.158. The number of ether oxygens (including phenoxy) is 2.